The van der Waals surface area contributed by atoms with Gasteiger partial charge in [-0.1, -0.05) is 18.2 Å². The molecule has 1 aromatic rings. The predicted molar refractivity (Wildman–Crippen MR) is 117 cm³/mol. The van der Waals surface area contributed by atoms with Crippen molar-refractivity contribution in [3.05, 3.63) is 35.9 Å². The Labute approximate surface area is 184 Å². The highest BCUT2D eigenvalue weighted by Crippen LogP contribution is 2.37. The highest BCUT2D eigenvalue weighted by molar-refractivity contribution is 5.75. The van der Waals surface area contributed by atoms with E-state index in [0.717, 1.165) is 5.56 Å². The van der Waals surface area contributed by atoms with E-state index in [1.807, 2.05) is 30.4 Å². The summed E-state index contributed by atoms with van der Waals surface area (Å²) in [4.78, 5) is 25.5. The first-order valence-corrected chi connectivity index (χ1v) is 10.2. The van der Waals surface area contributed by atoms with Crippen LogP contribution in [0, 0.1) is 0 Å². The highest BCUT2D eigenvalue weighted by Gasteiger charge is 2.37. The lowest BCUT2D eigenvalue weighted by molar-refractivity contribution is -0.00999. The molecule has 0 unspecified atom stereocenters. The Balaban J connectivity index is 2.35. The van der Waals surface area contributed by atoms with Crippen molar-refractivity contribution in [2.24, 2.45) is 0 Å². The fourth-order valence-corrected chi connectivity index (χ4v) is 3.27. The lowest BCUT2D eigenvalue weighted by Gasteiger charge is -2.35. The van der Waals surface area contributed by atoms with E-state index in [1.165, 1.54) is 5.01 Å². The molecule has 1 aromatic carbocycles. The number of methoxy groups -OCH3 is 2. The molecule has 0 radical (unpaired) electrons. The van der Waals surface area contributed by atoms with E-state index < -0.39 is 29.4 Å². The molecule has 0 heterocycles. The summed E-state index contributed by atoms with van der Waals surface area (Å²) in [7, 11) is 3.14. The van der Waals surface area contributed by atoms with Gasteiger partial charge in [0.15, 0.2) is 11.5 Å². The van der Waals surface area contributed by atoms with E-state index in [-0.39, 0.29) is 5.92 Å². The van der Waals surface area contributed by atoms with Crippen LogP contribution in [0.2, 0.25) is 0 Å². The number of hydrogen-bond acceptors (Lipinski definition) is 6. The summed E-state index contributed by atoms with van der Waals surface area (Å²) >= 11 is 0. The Kier molecular flexibility index (Phi) is 7.46. The summed E-state index contributed by atoms with van der Waals surface area (Å²) in [6.07, 6.45) is 3.13. The van der Waals surface area contributed by atoms with Crippen LogP contribution >= 0.6 is 0 Å². The fraction of sp³-hybridized carbons (Fsp3) is 0.565. The van der Waals surface area contributed by atoms with Crippen LogP contribution in [0.25, 0.3) is 0 Å². The van der Waals surface area contributed by atoms with Gasteiger partial charge in [0.1, 0.15) is 11.2 Å². The lowest BCUT2D eigenvalue weighted by Crippen LogP contribution is -2.55. The average Bonchev–Trinajstić information content (AvgIpc) is 3.12. The molecule has 172 valence electrons. The van der Waals surface area contributed by atoms with E-state index >= 15 is 0 Å². The number of ether oxygens (including phenoxy) is 4. The summed E-state index contributed by atoms with van der Waals surface area (Å²) < 4.78 is 21.7. The van der Waals surface area contributed by atoms with Crippen molar-refractivity contribution < 1.29 is 28.5 Å². The largest absolute Gasteiger partial charge is 0.493 e. The zero-order valence-corrected chi connectivity index (χ0v) is 19.6. The Morgan fingerprint density at radius 2 is 1.58 bits per heavy atom. The lowest BCUT2D eigenvalue weighted by atomic mass is 9.93. The van der Waals surface area contributed by atoms with Crippen molar-refractivity contribution in [3.8, 4) is 11.5 Å². The number of rotatable bonds is 4. The summed E-state index contributed by atoms with van der Waals surface area (Å²) in [5.41, 5.74) is 2.07. The number of nitrogens with zero attached hydrogens (tertiary/aromatic N) is 1. The number of carbonyl (C=O) groups is 2. The van der Waals surface area contributed by atoms with Gasteiger partial charge in [0.25, 0.3) is 0 Å². The first-order valence-electron chi connectivity index (χ1n) is 10.2. The van der Waals surface area contributed by atoms with Crippen molar-refractivity contribution in [1.29, 1.82) is 0 Å². The summed E-state index contributed by atoms with van der Waals surface area (Å²) in [6.45, 7) is 10.6. The maximum absolute atomic E-state index is 13.0. The zero-order chi connectivity index (χ0) is 23.4. The van der Waals surface area contributed by atoms with Crippen LogP contribution in [-0.2, 0) is 9.47 Å². The van der Waals surface area contributed by atoms with Crippen LogP contribution in [0.1, 0.15) is 59.4 Å². The van der Waals surface area contributed by atoms with Crippen LogP contribution in [0.5, 0.6) is 11.5 Å². The molecule has 1 aliphatic rings. The van der Waals surface area contributed by atoms with Crippen LogP contribution in [-0.4, -0.2) is 48.7 Å². The molecule has 0 aliphatic heterocycles. The first kappa shape index (κ1) is 24.4. The summed E-state index contributed by atoms with van der Waals surface area (Å²) in [5, 5.41) is 1.22. The molecule has 2 amide bonds. The molecule has 31 heavy (non-hydrogen) atoms. The van der Waals surface area contributed by atoms with Crippen molar-refractivity contribution in [1.82, 2.24) is 10.4 Å². The summed E-state index contributed by atoms with van der Waals surface area (Å²) in [5.74, 6) is 1.01. The minimum atomic E-state index is -0.726. The smallest absolute Gasteiger partial charge is 0.429 e. The molecular weight excluding hydrogens is 400 g/mol. The van der Waals surface area contributed by atoms with Gasteiger partial charge in [0.05, 0.1) is 20.3 Å². The molecule has 2 rings (SSSR count). The maximum atomic E-state index is 13.0. The number of hydrazine groups is 1. The third-order valence-electron chi connectivity index (χ3n) is 4.46. The minimum Gasteiger partial charge on any atom is -0.493 e. The van der Waals surface area contributed by atoms with Gasteiger partial charge in [0, 0.05) is 5.92 Å². The highest BCUT2D eigenvalue weighted by atomic mass is 16.6. The van der Waals surface area contributed by atoms with Gasteiger partial charge < -0.3 is 18.9 Å². The maximum Gasteiger partial charge on any atom is 0.429 e. The molecule has 0 fully saturated rings. The molecule has 0 saturated heterocycles. The normalized spacial score (nSPS) is 18.3. The Hall–Kier alpha value is -2.90. The Bertz CT molecular complexity index is 822. The fourth-order valence-electron chi connectivity index (χ4n) is 3.27. The number of nitrogens with one attached hydrogen (secondary N) is 1. The average molecular weight is 435 g/mol. The number of benzene rings is 1. The second kappa shape index (κ2) is 9.49. The number of carbonyl (C=O) groups excluding carboxylic acids is 2. The Morgan fingerprint density at radius 1 is 0.968 bits per heavy atom. The van der Waals surface area contributed by atoms with Crippen molar-refractivity contribution >= 4 is 12.2 Å². The van der Waals surface area contributed by atoms with Gasteiger partial charge in [-0.15, -0.1) is 0 Å². The van der Waals surface area contributed by atoms with Crippen molar-refractivity contribution in [2.75, 3.05) is 14.2 Å². The SMILES string of the molecule is COc1ccc([C@@H]2C=CC[C@H]2N(NC(=O)OC(C)(C)C)C(=O)OC(C)(C)C)cc1OC. The summed E-state index contributed by atoms with van der Waals surface area (Å²) in [6, 6.07) is 5.19. The van der Waals surface area contributed by atoms with Crippen molar-refractivity contribution in [3.63, 3.8) is 0 Å². The molecule has 2 atom stereocenters. The van der Waals surface area contributed by atoms with E-state index in [4.69, 9.17) is 18.9 Å². The van der Waals surface area contributed by atoms with Gasteiger partial charge in [-0.25, -0.2) is 20.0 Å². The van der Waals surface area contributed by atoms with Gasteiger partial charge in [-0.2, -0.15) is 0 Å². The van der Waals surface area contributed by atoms with Crippen LogP contribution in [0.15, 0.2) is 30.4 Å². The van der Waals surface area contributed by atoms with E-state index in [0.29, 0.717) is 17.9 Å². The molecule has 1 aliphatic carbocycles. The molecule has 8 nitrogen and oxygen atoms in total. The number of amides is 2. The quantitative estimate of drug-likeness (QED) is 0.541. The minimum absolute atomic E-state index is 0.192. The number of hydrogen-bond donors (Lipinski definition) is 1. The van der Waals surface area contributed by atoms with Gasteiger partial charge >= 0.3 is 12.2 Å². The van der Waals surface area contributed by atoms with Crippen LogP contribution in [0.4, 0.5) is 9.59 Å². The third kappa shape index (κ3) is 6.80. The molecule has 0 saturated carbocycles. The third-order valence-corrected chi connectivity index (χ3v) is 4.46. The van der Waals surface area contributed by atoms with Crippen LogP contribution < -0.4 is 14.9 Å². The van der Waals surface area contributed by atoms with Crippen LogP contribution in [0.3, 0.4) is 0 Å². The zero-order valence-electron chi connectivity index (χ0n) is 19.6. The molecule has 8 heteroatoms. The van der Waals surface area contributed by atoms with E-state index in [2.05, 4.69) is 5.43 Å². The van der Waals surface area contributed by atoms with E-state index in [1.54, 1.807) is 55.8 Å². The van der Waals surface area contributed by atoms with Gasteiger partial charge in [-0.05, 0) is 65.7 Å². The Morgan fingerprint density at radius 3 is 2.13 bits per heavy atom. The second-order valence-electron chi connectivity index (χ2n) is 9.34. The van der Waals surface area contributed by atoms with E-state index in [9.17, 15) is 9.59 Å². The molecular formula is C23H34N2O6. The standard InChI is InChI=1S/C23H34N2O6/c1-22(2,3)30-20(26)24-25(21(27)31-23(4,5)6)17-11-9-10-16(17)15-12-13-18(28-7)19(14-15)29-8/h9-10,12-14,16-17H,11H2,1-8H3,(H,24,26)/t16-,17+/m0/s1. The molecule has 0 spiro atoms. The molecule has 0 aromatic heterocycles. The second-order valence-corrected chi connectivity index (χ2v) is 9.34. The monoisotopic (exact) mass is 434 g/mol. The van der Waals surface area contributed by atoms with Crippen molar-refractivity contribution in [2.45, 2.75) is 71.1 Å². The predicted octanol–water partition coefficient (Wildman–Crippen LogP) is 4.79. The van der Waals surface area contributed by atoms with Gasteiger partial charge in [-0.3, -0.25) is 0 Å². The van der Waals surface area contributed by atoms with Gasteiger partial charge in [0.2, 0.25) is 0 Å². The first-order chi connectivity index (χ1) is 14.3. The molecule has 0 bridgehead atoms. The molecule has 1 N–H and O–H groups in total. The topological polar surface area (TPSA) is 86.3 Å².